The number of rotatable bonds is 8. The molecular formula is C44H37F3N4O2S. The Morgan fingerprint density at radius 2 is 1.31 bits per heavy atom. The number of hydrogen-bond donors (Lipinski definition) is 0. The fourth-order valence-corrected chi connectivity index (χ4v) is 9.05. The van der Waals surface area contributed by atoms with Crippen LogP contribution in [0.2, 0.25) is 0 Å². The molecule has 0 amide bonds. The first-order valence-corrected chi connectivity index (χ1v) is 19.7. The van der Waals surface area contributed by atoms with E-state index < -0.39 is 27.2 Å². The third-order valence-corrected chi connectivity index (χ3v) is 11.6. The monoisotopic (exact) mass is 742 g/mol. The minimum Gasteiger partial charge on any atom is -0.364 e. The maximum absolute atomic E-state index is 15.3. The molecule has 6 nitrogen and oxygen atoms in total. The van der Waals surface area contributed by atoms with Crippen LogP contribution in [0, 0.1) is 0 Å². The lowest BCUT2D eigenvalue weighted by Crippen LogP contribution is -2.38. The maximum atomic E-state index is 15.3. The van der Waals surface area contributed by atoms with Gasteiger partial charge in [0.05, 0.1) is 16.5 Å². The van der Waals surface area contributed by atoms with E-state index in [1.807, 2.05) is 109 Å². The second-order valence-electron chi connectivity index (χ2n) is 13.7. The third-order valence-electron chi connectivity index (χ3n) is 10.4. The average molecular weight is 743 g/mol. The van der Waals surface area contributed by atoms with Gasteiger partial charge in [0.25, 0.3) is 0 Å². The Kier molecular flexibility index (Phi) is 9.09. The average Bonchev–Trinajstić information content (AvgIpc) is 3.66. The van der Waals surface area contributed by atoms with Gasteiger partial charge < -0.3 is 4.90 Å². The van der Waals surface area contributed by atoms with Crippen LogP contribution in [0.5, 0.6) is 0 Å². The minimum absolute atomic E-state index is 0.0658. The molecule has 10 heteroatoms. The van der Waals surface area contributed by atoms with Crippen molar-refractivity contribution >= 4 is 26.4 Å². The Bertz CT molecular complexity index is 2440. The molecule has 0 N–H and O–H groups in total. The van der Waals surface area contributed by atoms with Gasteiger partial charge in [0.2, 0.25) is 0 Å². The Morgan fingerprint density at radius 3 is 1.91 bits per heavy atom. The summed E-state index contributed by atoms with van der Waals surface area (Å²) in [5.41, 5.74) is 2.38. The number of fused-ring (bicyclic) bond motifs is 1. The van der Waals surface area contributed by atoms with Crippen LogP contribution in [0.15, 0.2) is 157 Å². The van der Waals surface area contributed by atoms with E-state index in [0.717, 1.165) is 41.6 Å². The SMILES string of the molecule is CS(=O)(=O)c1ccccc1C1CCCCN1c1ccnc2ccc(-c3cn(C(c4ccccc4)(c4ccccc4)c4ccccc4)nc3C(F)(F)F)cc12. The van der Waals surface area contributed by atoms with Crippen LogP contribution < -0.4 is 4.90 Å². The lowest BCUT2D eigenvalue weighted by atomic mass is 9.77. The van der Waals surface area contributed by atoms with Gasteiger partial charge in [0.1, 0.15) is 5.54 Å². The maximum Gasteiger partial charge on any atom is 0.435 e. The van der Waals surface area contributed by atoms with Gasteiger partial charge in [0.15, 0.2) is 15.5 Å². The van der Waals surface area contributed by atoms with Gasteiger partial charge in [-0.1, -0.05) is 115 Å². The van der Waals surface area contributed by atoms with Gasteiger partial charge >= 0.3 is 6.18 Å². The molecule has 0 saturated carbocycles. The van der Waals surface area contributed by atoms with Crippen molar-refractivity contribution in [3.05, 3.63) is 180 Å². The van der Waals surface area contributed by atoms with Crippen molar-refractivity contribution in [3.8, 4) is 11.1 Å². The fraction of sp³-hybridized carbons (Fsp3) is 0.182. The van der Waals surface area contributed by atoms with E-state index >= 15 is 13.2 Å². The van der Waals surface area contributed by atoms with Crippen molar-refractivity contribution in [1.29, 1.82) is 0 Å². The lowest BCUT2D eigenvalue weighted by Gasteiger charge is -2.39. The highest BCUT2D eigenvalue weighted by Crippen LogP contribution is 2.46. The normalized spacial score (nSPS) is 15.4. The van der Waals surface area contributed by atoms with Crippen molar-refractivity contribution in [2.24, 2.45) is 0 Å². The zero-order chi connectivity index (χ0) is 37.5. The number of halogens is 3. The fourth-order valence-electron chi connectivity index (χ4n) is 8.09. The molecule has 3 heterocycles. The van der Waals surface area contributed by atoms with Gasteiger partial charge in [-0.25, -0.2) is 8.42 Å². The van der Waals surface area contributed by atoms with Crippen molar-refractivity contribution in [3.63, 3.8) is 0 Å². The summed E-state index contributed by atoms with van der Waals surface area (Å²) in [7, 11) is -3.52. The van der Waals surface area contributed by atoms with Gasteiger partial charge in [0, 0.05) is 41.8 Å². The van der Waals surface area contributed by atoms with E-state index in [2.05, 4.69) is 15.0 Å². The molecule has 5 aromatic carbocycles. The van der Waals surface area contributed by atoms with E-state index in [1.54, 1.807) is 36.5 Å². The molecule has 1 saturated heterocycles. The van der Waals surface area contributed by atoms with Gasteiger partial charge in [-0.3, -0.25) is 9.67 Å². The number of pyridine rings is 1. The molecule has 0 spiro atoms. The number of aromatic nitrogens is 3. The number of benzene rings is 5. The first-order chi connectivity index (χ1) is 26.1. The van der Waals surface area contributed by atoms with Crippen LogP contribution in [-0.4, -0.2) is 36.0 Å². The summed E-state index contributed by atoms with van der Waals surface area (Å²) < 4.78 is 73.0. The van der Waals surface area contributed by atoms with Crippen molar-refractivity contribution in [2.45, 2.75) is 41.9 Å². The molecule has 2 aromatic heterocycles. The standard InChI is InChI=1S/C44H37F3N4O2S/c1-54(52,53)41-23-12-11-21-35(41)39-22-13-14-28-50(39)40-26-27-48-38-25-24-31(29-36(38)40)37-30-51(49-42(37)44(45,46)47)43(32-15-5-2-6-16-32,33-17-7-3-8-18-33)34-19-9-4-10-20-34/h2-12,15-21,23-27,29-30,39H,13-14,22,28H2,1H3. The molecule has 0 bridgehead atoms. The summed E-state index contributed by atoms with van der Waals surface area (Å²) in [6.07, 6.45) is 2.16. The zero-order valence-electron chi connectivity index (χ0n) is 29.5. The number of alkyl halides is 3. The summed E-state index contributed by atoms with van der Waals surface area (Å²) in [6, 6.07) is 42.3. The molecule has 272 valence electrons. The first kappa shape index (κ1) is 35.3. The van der Waals surface area contributed by atoms with Crippen molar-refractivity contribution in [1.82, 2.24) is 14.8 Å². The molecule has 54 heavy (non-hydrogen) atoms. The zero-order valence-corrected chi connectivity index (χ0v) is 30.3. The molecule has 8 rings (SSSR count). The molecule has 1 aliphatic rings. The summed E-state index contributed by atoms with van der Waals surface area (Å²) in [6.45, 7) is 0.644. The van der Waals surface area contributed by atoms with E-state index in [1.165, 1.54) is 17.1 Å². The van der Waals surface area contributed by atoms with Crippen LogP contribution in [-0.2, 0) is 21.6 Å². The smallest absolute Gasteiger partial charge is 0.364 e. The first-order valence-electron chi connectivity index (χ1n) is 17.9. The summed E-state index contributed by atoms with van der Waals surface area (Å²) >= 11 is 0. The highest BCUT2D eigenvalue weighted by molar-refractivity contribution is 7.90. The summed E-state index contributed by atoms with van der Waals surface area (Å²) in [4.78, 5) is 7.06. The summed E-state index contributed by atoms with van der Waals surface area (Å²) in [5.74, 6) is 0. The van der Waals surface area contributed by atoms with Crippen molar-refractivity contribution < 1.29 is 21.6 Å². The Balaban J connectivity index is 1.34. The van der Waals surface area contributed by atoms with Crippen LogP contribution in [0.4, 0.5) is 18.9 Å². The lowest BCUT2D eigenvalue weighted by molar-refractivity contribution is -0.141. The Hall–Kier alpha value is -5.74. The number of sulfone groups is 1. The quantitative estimate of drug-likeness (QED) is 0.145. The molecule has 7 aromatic rings. The second-order valence-corrected chi connectivity index (χ2v) is 15.7. The van der Waals surface area contributed by atoms with E-state index in [0.29, 0.717) is 28.6 Å². The molecule has 1 fully saturated rings. The minimum atomic E-state index is -4.78. The van der Waals surface area contributed by atoms with Crippen LogP contribution in [0.3, 0.4) is 0 Å². The Labute approximate surface area is 312 Å². The third kappa shape index (κ3) is 6.24. The molecule has 0 radical (unpaired) electrons. The topological polar surface area (TPSA) is 68.1 Å². The van der Waals surface area contributed by atoms with Crippen molar-refractivity contribution in [2.75, 3.05) is 17.7 Å². The largest absolute Gasteiger partial charge is 0.435 e. The van der Waals surface area contributed by atoms with Crippen LogP contribution >= 0.6 is 0 Å². The number of piperidine rings is 1. The molecular weight excluding hydrogens is 706 g/mol. The Morgan fingerprint density at radius 1 is 0.722 bits per heavy atom. The van der Waals surface area contributed by atoms with E-state index in [4.69, 9.17) is 0 Å². The van der Waals surface area contributed by atoms with E-state index in [9.17, 15) is 8.42 Å². The number of nitrogens with zero attached hydrogens (tertiary/aromatic N) is 4. The molecule has 1 atom stereocenters. The number of hydrogen-bond acceptors (Lipinski definition) is 5. The predicted octanol–water partition coefficient (Wildman–Crippen LogP) is 10.1. The predicted molar refractivity (Wildman–Crippen MR) is 206 cm³/mol. The second kappa shape index (κ2) is 13.9. The highest BCUT2D eigenvalue weighted by Gasteiger charge is 2.44. The van der Waals surface area contributed by atoms with E-state index in [-0.39, 0.29) is 16.5 Å². The van der Waals surface area contributed by atoms with Crippen LogP contribution in [0.1, 0.15) is 53.3 Å². The van der Waals surface area contributed by atoms with Gasteiger partial charge in [-0.15, -0.1) is 0 Å². The van der Waals surface area contributed by atoms with Crippen LogP contribution in [0.25, 0.3) is 22.0 Å². The van der Waals surface area contributed by atoms with Gasteiger partial charge in [-0.05, 0) is 71.3 Å². The number of anilines is 1. The summed E-state index contributed by atoms with van der Waals surface area (Å²) in [5, 5.41) is 5.11. The van der Waals surface area contributed by atoms with Gasteiger partial charge in [-0.2, -0.15) is 18.3 Å². The molecule has 0 aliphatic carbocycles. The highest BCUT2D eigenvalue weighted by atomic mass is 32.2. The molecule has 1 aliphatic heterocycles. The molecule has 1 unspecified atom stereocenters.